The van der Waals surface area contributed by atoms with Crippen LogP contribution in [0.1, 0.15) is 95.5 Å². The van der Waals surface area contributed by atoms with Crippen molar-refractivity contribution in [2.75, 3.05) is 21.4 Å². The van der Waals surface area contributed by atoms with Crippen molar-refractivity contribution in [2.45, 2.75) is 85.4 Å². The average molecular weight is 1130 g/mol. The van der Waals surface area contributed by atoms with Crippen LogP contribution in [-0.4, -0.2) is 19.7 Å². The molecule has 0 aliphatic carbocycles. The van der Waals surface area contributed by atoms with Crippen LogP contribution in [-0.2, 0) is 16.2 Å². The Morgan fingerprint density at radius 1 is 0.447 bits per heavy atom. The summed E-state index contributed by atoms with van der Waals surface area (Å²) in [5.74, 6) is 1.58. The maximum Gasteiger partial charge on any atom is 0.184 e. The Labute approximate surface area is 515 Å². The van der Waals surface area contributed by atoms with Crippen LogP contribution in [0.25, 0.3) is 33.4 Å². The molecule has 85 heavy (non-hydrogen) atoms. The number of para-hydroxylation sites is 4. The van der Waals surface area contributed by atoms with E-state index in [2.05, 4.69) is 223 Å². The van der Waals surface area contributed by atoms with Crippen LogP contribution < -0.4 is 40.2 Å². The van der Waals surface area contributed by atoms with Gasteiger partial charge in [0.15, 0.2) is 8.07 Å². The van der Waals surface area contributed by atoms with E-state index in [0.717, 1.165) is 72.2 Å². The van der Waals surface area contributed by atoms with Crippen LogP contribution in [0, 0.1) is 6.85 Å². The summed E-state index contributed by atoms with van der Waals surface area (Å²) in [5, 5.41) is 4.58. The van der Waals surface area contributed by atoms with Gasteiger partial charge in [0.2, 0.25) is 0 Å². The van der Waals surface area contributed by atoms with Crippen molar-refractivity contribution in [2.24, 2.45) is 0 Å². The molecule has 11 aromatic rings. The molecule has 0 amide bonds. The van der Waals surface area contributed by atoms with Gasteiger partial charge in [-0.05, 0) is 125 Å². The Morgan fingerprint density at radius 2 is 1.01 bits per heavy atom. The quantitative estimate of drug-likeness (QED) is 0.127. The third-order valence-electron chi connectivity index (χ3n) is 16.9. The number of nitrogens with zero attached hydrogens (tertiary/aromatic N) is 4. The molecule has 6 heteroatoms. The molecule has 0 atom stereocenters. The van der Waals surface area contributed by atoms with Crippen LogP contribution in [0.2, 0.25) is 0 Å². The average Bonchev–Trinajstić information content (AvgIpc) is 1.08. The van der Waals surface area contributed by atoms with E-state index in [1.807, 2.05) is 66.7 Å². The molecule has 0 spiro atoms. The van der Waals surface area contributed by atoms with Gasteiger partial charge in [-0.15, -0.1) is 0 Å². The number of hydrogen-bond donors (Lipinski definition) is 0. The van der Waals surface area contributed by atoms with Gasteiger partial charge < -0.3 is 14.5 Å². The SMILES string of the molecule is [2H]c1c([2H])c([2H])c(-c2cccc(-c3cc(C(C)(C)C)cc(C(C)(C)C)c3)c2N2CN(c3cccc(Oc4ccc5c(c4)N(c4cc(C([2H])([2H])[2H])c(-c6ccc(C(C)(C)C)cc6)cn4)c4ccccc4[Si]5(c4ccccc4)c4ccccc4)c3)c3ccccc32)c([2H])c1[2H]. The summed E-state index contributed by atoms with van der Waals surface area (Å²) in [5.41, 5.74) is 11.9. The molecule has 0 radical (unpaired) electrons. The first-order valence-electron chi connectivity index (χ1n) is 33.3. The molecule has 3 heterocycles. The van der Waals surface area contributed by atoms with Gasteiger partial charge in [-0.25, -0.2) is 4.98 Å². The predicted octanol–water partition coefficient (Wildman–Crippen LogP) is 18.5. The zero-order chi connectivity index (χ0) is 65.7. The van der Waals surface area contributed by atoms with E-state index < -0.39 is 33.1 Å². The van der Waals surface area contributed by atoms with Gasteiger partial charge >= 0.3 is 0 Å². The first-order chi connectivity index (χ1) is 44.2. The van der Waals surface area contributed by atoms with Gasteiger partial charge in [0.25, 0.3) is 0 Å². The predicted molar refractivity (Wildman–Crippen MR) is 362 cm³/mol. The van der Waals surface area contributed by atoms with E-state index >= 15 is 0 Å². The summed E-state index contributed by atoms with van der Waals surface area (Å²) >= 11 is 0. The number of benzene rings is 10. The molecular weight excluding hydrogens is 1050 g/mol. The lowest BCUT2D eigenvalue weighted by molar-refractivity contribution is 0.483. The zero-order valence-electron chi connectivity index (χ0n) is 57.8. The first kappa shape index (κ1) is 46.2. The molecule has 0 N–H and O–H groups in total. The summed E-state index contributed by atoms with van der Waals surface area (Å²) in [6, 6.07) is 73.1. The Balaban J connectivity index is 0.955. The summed E-state index contributed by atoms with van der Waals surface area (Å²) in [6.45, 7) is 17.6. The maximum atomic E-state index is 9.37. The second-order valence-corrected chi connectivity index (χ2v) is 29.2. The number of rotatable bonds is 10. The number of aryl methyl sites for hydroxylation is 1. The second-order valence-electron chi connectivity index (χ2n) is 25.5. The van der Waals surface area contributed by atoms with Crippen LogP contribution in [0.5, 0.6) is 11.5 Å². The highest BCUT2D eigenvalue weighted by Gasteiger charge is 2.49. The zero-order valence-corrected chi connectivity index (χ0v) is 50.8. The van der Waals surface area contributed by atoms with Crippen molar-refractivity contribution in [1.29, 1.82) is 0 Å². The third-order valence-corrected chi connectivity index (χ3v) is 21.8. The highest BCUT2D eigenvalue weighted by atomic mass is 28.3. The number of pyridine rings is 1. The molecule has 0 fully saturated rings. The van der Waals surface area contributed by atoms with Crippen molar-refractivity contribution in [3.63, 3.8) is 0 Å². The third kappa shape index (κ3) is 10.0. The van der Waals surface area contributed by atoms with Crippen molar-refractivity contribution in [1.82, 2.24) is 4.98 Å². The minimum atomic E-state index is -3.18. The van der Waals surface area contributed by atoms with Crippen molar-refractivity contribution < 1.29 is 15.7 Å². The topological polar surface area (TPSA) is 31.8 Å². The molecule has 420 valence electrons. The van der Waals surface area contributed by atoms with E-state index in [9.17, 15) is 2.74 Å². The van der Waals surface area contributed by atoms with E-state index in [1.54, 1.807) is 12.3 Å². The summed E-state index contributed by atoms with van der Waals surface area (Å²) in [7, 11) is -3.18. The van der Waals surface area contributed by atoms with E-state index in [4.69, 9.17) is 17.9 Å². The number of anilines is 7. The molecule has 13 rings (SSSR count). The molecular formula is C79H74N4OSi. The molecule has 2 aliphatic heterocycles. The number of hydrogen-bond acceptors (Lipinski definition) is 5. The maximum absolute atomic E-state index is 9.37. The van der Waals surface area contributed by atoms with Crippen LogP contribution in [0.3, 0.4) is 0 Å². The van der Waals surface area contributed by atoms with Crippen LogP contribution in [0.4, 0.5) is 39.9 Å². The highest BCUT2D eigenvalue weighted by Crippen LogP contribution is 2.51. The largest absolute Gasteiger partial charge is 0.457 e. The molecule has 0 saturated heterocycles. The minimum absolute atomic E-state index is 0.0881. The molecule has 0 unspecified atom stereocenters. The number of fused-ring (bicyclic) bond motifs is 3. The smallest absolute Gasteiger partial charge is 0.184 e. The fourth-order valence-electron chi connectivity index (χ4n) is 12.5. The van der Waals surface area contributed by atoms with E-state index in [-0.39, 0.29) is 39.5 Å². The summed E-state index contributed by atoms with van der Waals surface area (Å²) in [4.78, 5) is 11.8. The molecule has 5 nitrogen and oxygen atoms in total. The normalized spacial score (nSPS) is 15.2. The molecule has 2 aliphatic rings. The summed E-state index contributed by atoms with van der Waals surface area (Å²) < 4.78 is 79.3. The molecule has 10 aromatic carbocycles. The number of aromatic nitrogens is 1. The highest BCUT2D eigenvalue weighted by molar-refractivity contribution is 7.21. The standard InChI is InChI=1S/C79H74N4OSi/c1-54-46-75(80-52-68(54)56-40-42-58(43-41-56)77(2,3)4)83-71-38-22-23-39-73(71)85(64-30-16-12-17-31-64,65-32-18-13-19-33-65)74-45-44-63(51-72(74)83)84-62-29-24-28-61(50-62)81-53-82(70-37-21-20-36-69(70)81)76-66(55-26-14-11-15-27-55)34-25-35-67(76)57-47-59(78(5,6)7)49-60(48-57)79(8,9)10/h11-52H,53H2,1-10H3/i1D3,11D,14D,15D,26D,27D. The van der Waals surface area contributed by atoms with Gasteiger partial charge in [-0.3, -0.25) is 4.90 Å². The second kappa shape index (κ2) is 21.4. The van der Waals surface area contributed by atoms with E-state index in [0.29, 0.717) is 40.8 Å². The van der Waals surface area contributed by atoms with Crippen LogP contribution in [0.15, 0.2) is 255 Å². The van der Waals surface area contributed by atoms with Crippen molar-refractivity contribution in [3.05, 3.63) is 277 Å². The Bertz CT molecular complexity index is 4610. The van der Waals surface area contributed by atoms with Gasteiger partial charge in [0.1, 0.15) is 24.0 Å². The number of ether oxygens (including phenoxy) is 1. The lowest BCUT2D eigenvalue weighted by atomic mass is 9.78. The summed E-state index contributed by atoms with van der Waals surface area (Å²) in [6.07, 6.45) is 1.71. The van der Waals surface area contributed by atoms with E-state index in [1.165, 1.54) is 10.4 Å². The minimum Gasteiger partial charge on any atom is -0.457 e. The molecule has 0 saturated carbocycles. The van der Waals surface area contributed by atoms with Crippen molar-refractivity contribution in [3.8, 4) is 44.9 Å². The first-order valence-corrected chi connectivity index (χ1v) is 31.3. The van der Waals surface area contributed by atoms with Crippen molar-refractivity contribution >= 4 is 68.8 Å². The Kier molecular flexibility index (Phi) is 11.6. The van der Waals surface area contributed by atoms with Gasteiger partial charge in [0.05, 0.1) is 29.6 Å². The fourth-order valence-corrected chi connectivity index (χ4v) is 17.6. The monoisotopic (exact) mass is 1130 g/mol. The lowest BCUT2D eigenvalue weighted by Crippen LogP contribution is -2.77. The molecule has 0 bridgehead atoms. The van der Waals surface area contributed by atoms with Gasteiger partial charge in [-0.2, -0.15) is 0 Å². The lowest BCUT2D eigenvalue weighted by Gasteiger charge is -2.44. The van der Waals surface area contributed by atoms with Gasteiger partial charge in [0, 0.05) is 50.5 Å². The van der Waals surface area contributed by atoms with Crippen LogP contribution >= 0.6 is 0 Å². The Morgan fingerprint density at radius 3 is 1.65 bits per heavy atom. The fraction of sp³-hybridized carbons (Fsp3) is 0.177. The molecule has 1 aromatic heterocycles. The van der Waals surface area contributed by atoms with Gasteiger partial charge in [-0.1, -0.05) is 256 Å². The Hall–Kier alpha value is -9.23.